The van der Waals surface area contributed by atoms with Crippen LogP contribution in [0, 0.1) is 0 Å². The molecule has 0 aromatic heterocycles. The molecule has 0 amide bonds. The number of carbonyl (C=O) groups is 1. The maximum atomic E-state index is 13.2. The Morgan fingerprint density at radius 2 is 1.03 bits per heavy atom. The Labute approximate surface area is 295 Å². The summed E-state index contributed by atoms with van der Waals surface area (Å²) in [5, 5.41) is 0. The van der Waals surface area contributed by atoms with Gasteiger partial charge in [0.2, 0.25) is 0 Å². The molecule has 166 valence electrons. The van der Waals surface area contributed by atoms with Gasteiger partial charge in [-0.25, -0.2) is 13.9 Å². The van der Waals surface area contributed by atoms with Gasteiger partial charge in [-0.15, -0.1) is 0 Å². The molecule has 0 atom stereocenters. The van der Waals surface area contributed by atoms with Gasteiger partial charge in [0.1, 0.15) is 22.7 Å². The first kappa shape index (κ1) is 37.0. The summed E-state index contributed by atoms with van der Waals surface area (Å²) in [6.07, 6.45) is 0. The van der Waals surface area contributed by atoms with Crippen LogP contribution in [0.15, 0.2) is 72.8 Å². The predicted octanol–water partition coefficient (Wildman–Crippen LogP) is -9.10. The molecule has 0 unspecified atom stereocenters. The van der Waals surface area contributed by atoms with Crippen LogP contribution in [0.3, 0.4) is 0 Å². The fourth-order valence-electron chi connectivity index (χ4n) is 3.67. The van der Waals surface area contributed by atoms with Crippen molar-refractivity contribution in [1.82, 2.24) is 0 Å². The third-order valence-electron chi connectivity index (χ3n) is 4.82. The van der Waals surface area contributed by atoms with Gasteiger partial charge in [0, 0.05) is 5.56 Å². The van der Waals surface area contributed by atoms with Gasteiger partial charge in [0.05, 0.1) is 0 Å². The van der Waals surface area contributed by atoms with Gasteiger partial charge in [-0.1, -0.05) is 42.5 Å². The molecule has 3 aromatic rings. The molecular formula is C20H16Na4O10P2+4. The average molecular weight is 570 g/mol. The molecule has 0 bridgehead atoms. The van der Waals surface area contributed by atoms with Gasteiger partial charge in [0.25, 0.3) is 0 Å². The third-order valence-corrected chi connectivity index (χ3v) is 5.72. The molecule has 0 saturated heterocycles. The number of phosphoric acid groups is 2. The number of hydrogen-bond donors (Lipinski definition) is 4. The first-order valence-corrected chi connectivity index (χ1v) is 12.1. The standard InChI is InChI=1S/C20H16O10P2.4Na/c21-19-20(17-3-1-2-4-18(17)28-19,13-5-9-15(10-6-13)29-31(22,23)24)14-7-11-16(12-8-14)30-32(25,26)27;;;;/h1-12H,(H2,22,23,24)(H2,25,26,27);;;;/q;4*+1. The van der Waals surface area contributed by atoms with E-state index in [1.807, 2.05) is 0 Å². The number of ether oxygens (including phenoxy) is 1. The number of hydrogen-bond acceptors (Lipinski definition) is 6. The summed E-state index contributed by atoms with van der Waals surface area (Å²) in [4.78, 5) is 49.3. The van der Waals surface area contributed by atoms with Crippen molar-refractivity contribution < 1.29 is 166 Å². The van der Waals surface area contributed by atoms with E-state index in [4.69, 9.17) is 24.3 Å². The second-order valence-corrected chi connectivity index (χ2v) is 9.18. The number of phosphoric ester groups is 2. The van der Waals surface area contributed by atoms with E-state index in [0.29, 0.717) is 22.4 Å². The van der Waals surface area contributed by atoms with Crippen LogP contribution in [-0.2, 0) is 19.3 Å². The summed E-state index contributed by atoms with van der Waals surface area (Å²) in [6, 6.07) is 18.0. The predicted molar refractivity (Wildman–Crippen MR) is 110 cm³/mol. The van der Waals surface area contributed by atoms with Gasteiger partial charge in [-0.3, -0.25) is 19.6 Å². The second kappa shape index (κ2) is 14.6. The third kappa shape index (κ3) is 8.27. The molecule has 4 rings (SSSR count). The molecule has 1 heterocycles. The van der Waals surface area contributed by atoms with E-state index in [9.17, 15) is 13.9 Å². The summed E-state index contributed by atoms with van der Waals surface area (Å²) in [5.41, 5.74) is -0.0709. The Kier molecular flexibility index (Phi) is 15.0. The van der Waals surface area contributed by atoms with Crippen molar-refractivity contribution in [2.75, 3.05) is 0 Å². The van der Waals surface area contributed by atoms with E-state index in [1.54, 1.807) is 24.3 Å². The number of esters is 1. The molecule has 10 nitrogen and oxygen atoms in total. The van der Waals surface area contributed by atoms with Crippen LogP contribution in [0.4, 0.5) is 0 Å². The maximum absolute atomic E-state index is 13.2. The smallest absolute Gasteiger partial charge is 0.425 e. The quantitative estimate of drug-likeness (QED) is 0.0971. The molecular weight excluding hydrogens is 554 g/mol. The van der Waals surface area contributed by atoms with Crippen LogP contribution in [0.5, 0.6) is 17.2 Å². The van der Waals surface area contributed by atoms with Crippen molar-refractivity contribution >= 4 is 21.6 Å². The van der Waals surface area contributed by atoms with E-state index >= 15 is 0 Å². The minimum absolute atomic E-state index is 0. The van der Waals surface area contributed by atoms with Crippen molar-refractivity contribution in [3.63, 3.8) is 0 Å². The molecule has 1 aliphatic rings. The number of benzene rings is 3. The zero-order valence-corrected chi connectivity index (χ0v) is 29.8. The molecule has 0 fully saturated rings. The topological polar surface area (TPSA) is 160 Å². The minimum atomic E-state index is -4.76. The summed E-state index contributed by atoms with van der Waals surface area (Å²) in [6.45, 7) is 0. The Hall–Kier alpha value is 1.03. The van der Waals surface area contributed by atoms with Crippen molar-refractivity contribution in [1.29, 1.82) is 0 Å². The van der Waals surface area contributed by atoms with Crippen LogP contribution in [0.1, 0.15) is 16.7 Å². The number of carbonyl (C=O) groups excluding carboxylic acids is 1. The maximum Gasteiger partial charge on any atom is 1.00 e. The summed E-state index contributed by atoms with van der Waals surface area (Å²) < 4.78 is 36.9. The minimum Gasteiger partial charge on any atom is -0.425 e. The van der Waals surface area contributed by atoms with E-state index in [0.717, 1.165) is 0 Å². The molecule has 3 aromatic carbocycles. The van der Waals surface area contributed by atoms with E-state index < -0.39 is 27.0 Å². The molecule has 36 heavy (non-hydrogen) atoms. The van der Waals surface area contributed by atoms with E-state index in [-0.39, 0.29) is 130 Å². The largest absolute Gasteiger partial charge is 1.00 e. The SMILES string of the molecule is O=C1Oc2ccccc2C1(c1ccc(OP(=O)(O)O)cc1)c1ccc(OP(=O)(O)O)cc1.[Na+].[Na+].[Na+].[Na+]. The van der Waals surface area contributed by atoms with Gasteiger partial charge < -0.3 is 13.8 Å². The number of para-hydroxylation sites is 1. The Bertz CT molecular complexity index is 1210. The van der Waals surface area contributed by atoms with Crippen LogP contribution in [0.2, 0.25) is 0 Å². The molecule has 0 radical (unpaired) electrons. The first-order chi connectivity index (χ1) is 15.0. The summed E-state index contributed by atoms with van der Waals surface area (Å²) in [5.74, 6) is -0.473. The van der Waals surface area contributed by atoms with Crippen molar-refractivity contribution in [2.45, 2.75) is 5.41 Å². The van der Waals surface area contributed by atoms with E-state index in [1.165, 1.54) is 48.5 Å². The molecule has 0 saturated carbocycles. The van der Waals surface area contributed by atoms with Crippen molar-refractivity contribution in [3.8, 4) is 17.2 Å². The number of rotatable bonds is 6. The number of fused-ring (bicyclic) bond motifs is 1. The van der Waals surface area contributed by atoms with Crippen molar-refractivity contribution in [2.24, 2.45) is 0 Å². The first-order valence-electron chi connectivity index (χ1n) is 9.02. The van der Waals surface area contributed by atoms with Crippen molar-refractivity contribution in [3.05, 3.63) is 89.5 Å². The Morgan fingerprint density at radius 1 is 0.639 bits per heavy atom. The molecule has 0 spiro atoms. The molecule has 4 N–H and O–H groups in total. The summed E-state index contributed by atoms with van der Waals surface area (Å²) >= 11 is 0. The molecule has 0 aliphatic carbocycles. The second-order valence-electron chi connectivity index (χ2n) is 6.85. The molecule has 16 heteroatoms. The monoisotopic (exact) mass is 570 g/mol. The van der Waals surface area contributed by atoms with Gasteiger partial charge in [-0.05, 0) is 41.5 Å². The summed E-state index contributed by atoms with van der Waals surface area (Å²) in [7, 11) is -9.52. The van der Waals surface area contributed by atoms with Crippen LogP contribution in [-0.4, -0.2) is 25.5 Å². The van der Waals surface area contributed by atoms with E-state index in [2.05, 4.69) is 9.05 Å². The fraction of sp³-hybridized carbons (Fsp3) is 0.0500. The van der Waals surface area contributed by atoms with Crippen LogP contribution < -0.4 is 132 Å². The van der Waals surface area contributed by atoms with Gasteiger partial charge in [-0.2, -0.15) is 0 Å². The Morgan fingerprint density at radius 3 is 1.42 bits per heavy atom. The Balaban J connectivity index is 0.00000306. The zero-order valence-electron chi connectivity index (χ0n) is 20.1. The van der Waals surface area contributed by atoms with Crippen LogP contribution in [0.25, 0.3) is 0 Å². The normalized spacial score (nSPS) is 13.4. The zero-order chi connectivity index (χ0) is 23.1. The molecule has 1 aliphatic heterocycles. The van der Waals surface area contributed by atoms with Gasteiger partial charge >= 0.3 is 140 Å². The van der Waals surface area contributed by atoms with Crippen LogP contribution >= 0.6 is 15.6 Å². The average Bonchev–Trinajstić information content (AvgIpc) is 2.99. The van der Waals surface area contributed by atoms with Gasteiger partial charge in [0.15, 0.2) is 0 Å². The fourth-order valence-corrected chi connectivity index (χ4v) is 4.46.